The quantitative estimate of drug-likeness (QED) is 0.710. The van der Waals surface area contributed by atoms with E-state index in [1.165, 1.54) is 0 Å². The summed E-state index contributed by atoms with van der Waals surface area (Å²) in [5.41, 5.74) is 1.65. The number of nitrogens with zero attached hydrogens (tertiary/aromatic N) is 1. The number of rotatable bonds is 2. The smallest absolute Gasteiger partial charge is 0.450 e. The number of carbonyl (C=O) groups is 1. The second-order valence-corrected chi connectivity index (χ2v) is 2.76. The van der Waals surface area contributed by atoms with Crippen molar-refractivity contribution in [3.05, 3.63) is 29.6 Å². The summed E-state index contributed by atoms with van der Waals surface area (Å²) in [5.74, 6) is 0. The molecule has 0 bridgehead atoms. The first kappa shape index (κ1) is 9.51. The molecule has 0 radical (unpaired) electrons. The molecule has 0 aliphatic heterocycles. The predicted octanol–water partition coefficient (Wildman–Crippen LogP) is 2.15. The topological polar surface area (TPSA) is 59.4 Å². The predicted molar refractivity (Wildman–Crippen MR) is 46.5 cm³/mol. The van der Waals surface area contributed by atoms with E-state index in [-0.39, 0.29) is 0 Å². The molecule has 0 unspecified atom stereocenters. The number of aryl methyl sites for hydroxylation is 1. The Morgan fingerprint density at radius 3 is 2.77 bits per heavy atom. The van der Waals surface area contributed by atoms with E-state index in [0.29, 0.717) is 0 Å². The highest BCUT2D eigenvalue weighted by Gasteiger charge is 2.09. The number of ether oxygens (including phenoxy) is 1. The minimum Gasteiger partial charge on any atom is -0.450 e. The Balaban J connectivity index is 2.71. The third-order valence-corrected chi connectivity index (χ3v) is 1.68. The summed E-state index contributed by atoms with van der Waals surface area (Å²) in [6.45, 7) is 3.53. The summed E-state index contributed by atoms with van der Waals surface area (Å²) in [6, 6.07) is 3.62. The van der Waals surface area contributed by atoms with Crippen LogP contribution in [0, 0.1) is 6.92 Å². The molecule has 4 nitrogen and oxygen atoms in total. The van der Waals surface area contributed by atoms with Crippen LogP contribution in [0.4, 0.5) is 4.79 Å². The van der Waals surface area contributed by atoms with Gasteiger partial charge in [-0.3, -0.25) is 4.98 Å². The summed E-state index contributed by atoms with van der Waals surface area (Å²) < 4.78 is 4.55. The van der Waals surface area contributed by atoms with Crippen LogP contribution in [0.1, 0.15) is 24.3 Å². The fraction of sp³-hybridized carbons (Fsp3) is 0.333. The third kappa shape index (κ3) is 2.74. The monoisotopic (exact) mass is 181 g/mol. The van der Waals surface area contributed by atoms with Crippen LogP contribution in [0.25, 0.3) is 0 Å². The Labute approximate surface area is 76.2 Å². The van der Waals surface area contributed by atoms with Gasteiger partial charge in [0.2, 0.25) is 0 Å². The van der Waals surface area contributed by atoms with Gasteiger partial charge in [-0.05, 0) is 19.9 Å². The van der Waals surface area contributed by atoms with Gasteiger partial charge in [0.25, 0.3) is 0 Å². The lowest BCUT2D eigenvalue weighted by Crippen LogP contribution is -2.06. The molecule has 0 aliphatic carbocycles. The van der Waals surface area contributed by atoms with Crippen LogP contribution in [0.2, 0.25) is 0 Å². The first-order valence-corrected chi connectivity index (χ1v) is 3.91. The molecular formula is C9H11NO3. The van der Waals surface area contributed by atoms with Gasteiger partial charge in [0.1, 0.15) is 6.10 Å². The average molecular weight is 181 g/mol. The molecule has 0 spiro atoms. The van der Waals surface area contributed by atoms with Crippen molar-refractivity contribution in [3.63, 3.8) is 0 Å². The van der Waals surface area contributed by atoms with Crippen molar-refractivity contribution in [3.8, 4) is 0 Å². The largest absolute Gasteiger partial charge is 0.506 e. The number of pyridine rings is 1. The van der Waals surface area contributed by atoms with Crippen molar-refractivity contribution in [2.24, 2.45) is 0 Å². The summed E-state index contributed by atoms with van der Waals surface area (Å²) in [7, 11) is 0. The van der Waals surface area contributed by atoms with E-state index in [4.69, 9.17) is 5.11 Å². The second kappa shape index (κ2) is 3.89. The normalized spacial score (nSPS) is 12.2. The highest BCUT2D eigenvalue weighted by Crippen LogP contribution is 2.15. The molecule has 0 aromatic carbocycles. The van der Waals surface area contributed by atoms with Gasteiger partial charge >= 0.3 is 6.16 Å². The van der Waals surface area contributed by atoms with E-state index >= 15 is 0 Å². The molecule has 0 saturated heterocycles. The van der Waals surface area contributed by atoms with Crippen molar-refractivity contribution in [2.75, 3.05) is 0 Å². The minimum atomic E-state index is -1.27. The van der Waals surface area contributed by atoms with E-state index in [2.05, 4.69) is 9.72 Å². The maximum atomic E-state index is 10.2. The van der Waals surface area contributed by atoms with Crippen molar-refractivity contribution < 1.29 is 14.6 Å². The first-order valence-electron chi connectivity index (χ1n) is 3.91. The maximum Gasteiger partial charge on any atom is 0.506 e. The Bertz CT molecular complexity index is 294. The van der Waals surface area contributed by atoms with Gasteiger partial charge in [0.05, 0.1) is 0 Å². The Morgan fingerprint density at radius 1 is 1.62 bits per heavy atom. The summed E-state index contributed by atoms with van der Waals surface area (Å²) in [4.78, 5) is 14.2. The van der Waals surface area contributed by atoms with Gasteiger partial charge < -0.3 is 9.84 Å². The molecule has 13 heavy (non-hydrogen) atoms. The van der Waals surface area contributed by atoms with E-state index in [1.54, 1.807) is 19.2 Å². The summed E-state index contributed by atoms with van der Waals surface area (Å²) >= 11 is 0. The second-order valence-electron chi connectivity index (χ2n) is 2.76. The van der Waals surface area contributed by atoms with Crippen LogP contribution >= 0.6 is 0 Å². The van der Waals surface area contributed by atoms with Crippen molar-refractivity contribution in [2.45, 2.75) is 20.0 Å². The van der Waals surface area contributed by atoms with Crippen LogP contribution < -0.4 is 0 Å². The van der Waals surface area contributed by atoms with E-state index in [1.807, 2.05) is 13.0 Å². The van der Waals surface area contributed by atoms with Gasteiger partial charge in [0, 0.05) is 17.5 Å². The molecule has 0 fully saturated rings. The molecule has 70 valence electrons. The van der Waals surface area contributed by atoms with Crippen LogP contribution in [0.15, 0.2) is 18.3 Å². The van der Waals surface area contributed by atoms with Crippen molar-refractivity contribution in [1.29, 1.82) is 0 Å². The molecule has 0 aliphatic rings. The van der Waals surface area contributed by atoms with E-state index < -0.39 is 12.3 Å². The molecule has 1 heterocycles. The van der Waals surface area contributed by atoms with E-state index in [9.17, 15) is 4.79 Å². The molecule has 1 N–H and O–H groups in total. The maximum absolute atomic E-state index is 10.2. The molecule has 1 atom stereocenters. The number of hydrogen-bond acceptors (Lipinski definition) is 3. The lowest BCUT2D eigenvalue weighted by atomic mass is 10.2. The van der Waals surface area contributed by atoms with Gasteiger partial charge in [-0.1, -0.05) is 6.07 Å². The Morgan fingerprint density at radius 2 is 2.31 bits per heavy atom. The summed E-state index contributed by atoms with van der Waals surface area (Å²) in [6.07, 6.45) is -0.123. The molecule has 1 rings (SSSR count). The molecule has 0 saturated carbocycles. The Kier molecular flexibility index (Phi) is 2.84. The van der Waals surface area contributed by atoms with Crippen molar-refractivity contribution >= 4 is 6.16 Å². The van der Waals surface area contributed by atoms with Crippen LogP contribution in [-0.2, 0) is 4.74 Å². The van der Waals surface area contributed by atoms with Gasteiger partial charge in [0.15, 0.2) is 0 Å². The standard InChI is InChI=1S/C9H11NO3/c1-6-3-4-8(5-10-6)7(2)13-9(11)12/h3-5,7H,1-2H3,(H,11,12)/t7-/m1/s1. The zero-order chi connectivity index (χ0) is 9.84. The van der Waals surface area contributed by atoms with Gasteiger partial charge in [-0.15, -0.1) is 0 Å². The van der Waals surface area contributed by atoms with Gasteiger partial charge in [-0.2, -0.15) is 0 Å². The highest BCUT2D eigenvalue weighted by atomic mass is 16.7. The molecule has 1 aromatic heterocycles. The number of carboxylic acid groups (broad SMARTS) is 1. The molecule has 0 amide bonds. The van der Waals surface area contributed by atoms with Crippen LogP contribution in [0.3, 0.4) is 0 Å². The third-order valence-electron chi connectivity index (χ3n) is 1.68. The van der Waals surface area contributed by atoms with Crippen molar-refractivity contribution in [1.82, 2.24) is 4.98 Å². The Hall–Kier alpha value is -1.58. The SMILES string of the molecule is Cc1ccc([C@@H](C)OC(=O)O)cn1. The zero-order valence-electron chi connectivity index (χ0n) is 7.52. The highest BCUT2D eigenvalue weighted by molar-refractivity contribution is 5.57. The van der Waals surface area contributed by atoms with Crippen LogP contribution in [0.5, 0.6) is 0 Å². The lowest BCUT2D eigenvalue weighted by molar-refractivity contribution is 0.0586. The molecule has 4 heteroatoms. The number of hydrogen-bond donors (Lipinski definition) is 1. The summed E-state index contributed by atoms with van der Waals surface area (Å²) in [5, 5.41) is 8.36. The van der Waals surface area contributed by atoms with Crippen LogP contribution in [-0.4, -0.2) is 16.2 Å². The fourth-order valence-corrected chi connectivity index (χ4v) is 0.939. The molecular weight excluding hydrogens is 170 g/mol. The zero-order valence-corrected chi connectivity index (χ0v) is 7.52. The number of aromatic nitrogens is 1. The van der Waals surface area contributed by atoms with E-state index in [0.717, 1.165) is 11.3 Å². The van der Waals surface area contributed by atoms with Gasteiger partial charge in [-0.25, -0.2) is 4.79 Å². The lowest BCUT2D eigenvalue weighted by Gasteiger charge is -2.09. The minimum absolute atomic E-state index is 0.467. The molecule has 1 aromatic rings. The first-order chi connectivity index (χ1) is 6.09. The average Bonchev–Trinajstić information content (AvgIpc) is 2.04. The fourth-order valence-electron chi connectivity index (χ4n) is 0.939.